The third kappa shape index (κ3) is 3.19. The van der Waals surface area contributed by atoms with Gasteiger partial charge < -0.3 is 10.0 Å². The number of carbonyl (C=O) groups is 1. The van der Waals surface area contributed by atoms with Gasteiger partial charge in [-0.15, -0.1) is 0 Å². The normalized spacial score (nSPS) is 21.0. The van der Waals surface area contributed by atoms with E-state index in [-0.39, 0.29) is 29.1 Å². The van der Waals surface area contributed by atoms with Gasteiger partial charge in [-0.05, 0) is 37.5 Å². The summed E-state index contributed by atoms with van der Waals surface area (Å²) in [6, 6.07) is 3.62. The van der Waals surface area contributed by atoms with Crippen molar-refractivity contribution in [2.45, 2.75) is 38.7 Å². The van der Waals surface area contributed by atoms with Gasteiger partial charge in [-0.2, -0.15) is 0 Å². The van der Waals surface area contributed by atoms with E-state index in [4.69, 9.17) is 0 Å². The molecular weight excluding hydrogens is 306 g/mol. The van der Waals surface area contributed by atoms with E-state index in [2.05, 4.69) is 4.98 Å². The van der Waals surface area contributed by atoms with E-state index in [1.165, 1.54) is 15.5 Å². The summed E-state index contributed by atoms with van der Waals surface area (Å²) in [6.45, 7) is 2.38. The summed E-state index contributed by atoms with van der Waals surface area (Å²) in [7, 11) is 1.67. The van der Waals surface area contributed by atoms with Gasteiger partial charge in [-0.1, -0.05) is 12.8 Å². The summed E-state index contributed by atoms with van der Waals surface area (Å²) in [6.07, 6.45) is 6.43. The molecule has 0 aliphatic heterocycles. The minimum absolute atomic E-state index is 0.0594. The number of aliphatic hydroxyl groups is 1. The van der Waals surface area contributed by atoms with Crippen molar-refractivity contribution < 1.29 is 9.90 Å². The summed E-state index contributed by atoms with van der Waals surface area (Å²) in [5.41, 5.74) is 1.23. The van der Waals surface area contributed by atoms with Gasteiger partial charge in [0, 0.05) is 31.9 Å². The van der Waals surface area contributed by atoms with Crippen LogP contribution in [0.3, 0.4) is 0 Å². The molecule has 0 saturated heterocycles. The van der Waals surface area contributed by atoms with Crippen molar-refractivity contribution in [1.29, 1.82) is 0 Å². The number of rotatable bonds is 3. The Morgan fingerprint density at radius 2 is 2.17 bits per heavy atom. The molecule has 0 aromatic carbocycles. The number of pyridine rings is 1. The highest BCUT2D eigenvalue weighted by Gasteiger charge is 2.27. The second-order valence-electron chi connectivity index (χ2n) is 6.71. The highest BCUT2D eigenvalue weighted by atomic mass is 16.3. The summed E-state index contributed by atoms with van der Waals surface area (Å²) in [4.78, 5) is 31.0. The zero-order valence-electron chi connectivity index (χ0n) is 14.1. The van der Waals surface area contributed by atoms with Gasteiger partial charge in [0.1, 0.15) is 11.2 Å². The Bertz CT molecular complexity index is 815. The fourth-order valence-corrected chi connectivity index (χ4v) is 3.36. The predicted molar refractivity (Wildman–Crippen MR) is 91.1 cm³/mol. The molecule has 2 aromatic rings. The minimum Gasteiger partial charge on any atom is -0.393 e. The van der Waals surface area contributed by atoms with Gasteiger partial charge >= 0.3 is 0 Å². The maximum Gasteiger partial charge on any atom is 0.270 e. The van der Waals surface area contributed by atoms with Crippen LogP contribution < -0.4 is 5.56 Å². The SMILES string of the molecule is Cc1ccn2c(=O)c(C(=O)N(C)CC3CCCCC3O)cnc2c1. The quantitative estimate of drug-likeness (QED) is 0.929. The van der Waals surface area contributed by atoms with E-state index >= 15 is 0 Å². The van der Waals surface area contributed by atoms with Crippen molar-refractivity contribution in [3.05, 3.63) is 46.0 Å². The molecule has 24 heavy (non-hydrogen) atoms. The number of aromatic nitrogens is 2. The second kappa shape index (κ2) is 6.73. The van der Waals surface area contributed by atoms with E-state index in [0.29, 0.717) is 12.2 Å². The number of hydrogen-bond donors (Lipinski definition) is 1. The van der Waals surface area contributed by atoms with Crippen LogP contribution in [0.15, 0.2) is 29.3 Å². The topological polar surface area (TPSA) is 74.9 Å². The van der Waals surface area contributed by atoms with E-state index in [1.54, 1.807) is 19.3 Å². The Morgan fingerprint density at radius 3 is 2.92 bits per heavy atom. The lowest BCUT2D eigenvalue weighted by atomic mass is 9.86. The van der Waals surface area contributed by atoms with Crippen molar-refractivity contribution in [1.82, 2.24) is 14.3 Å². The molecule has 1 amide bonds. The van der Waals surface area contributed by atoms with Crippen LogP contribution in [0.2, 0.25) is 0 Å². The van der Waals surface area contributed by atoms with Gasteiger partial charge in [0.15, 0.2) is 0 Å². The van der Waals surface area contributed by atoms with Gasteiger partial charge in [-0.3, -0.25) is 14.0 Å². The summed E-state index contributed by atoms with van der Waals surface area (Å²) < 4.78 is 1.39. The molecule has 1 aliphatic rings. The zero-order valence-corrected chi connectivity index (χ0v) is 14.1. The van der Waals surface area contributed by atoms with Gasteiger partial charge in [0.05, 0.1) is 6.10 Å². The van der Waals surface area contributed by atoms with Crippen LogP contribution in [0.25, 0.3) is 5.65 Å². The molecule has 6 heteroatoms. The average molecular weight is 329 g/mol. The molecular formula is C18H23N3O3. The van der Waals surface area contributed by atoms with Crippen molar-refractivity contribution in [2.75, 3.05) is 13.6 Å². The molecule has 2 heterocycles. The maximum absolute atomic E-state index is 12.6. The second-order valence-corrected chi connectivity index (χ2v) is 6.71. The van der Waals surface area contributed by atoms with Gasteiger partial charge in [0.2, 0.25) is 0 Å². The Kier molecular flexibility index (Phi) is 4.66. The molecule has 6 nitrogen and oxygen atoms in total. The first-order chi connectivity index (χ1) is 11.5. The zero-order chi connectivity index (χ0) is 17.3. The molecule has 2 unspecified atom stereocenters. The molecule has 0 radical (unpaired) electrons. The van der Waals surface area contributed by atoms with Crippen molar-refractivity contribution in [2.24, 2.45) is 5.92 Å². The number of aliphatic hydroxyl groups excluding tert-OH is 1. The minimum atomic E-state index is -0.368. The number of amides is 1. The number of nitrogens with zero attached hydrogens (tertiary/aromatic N) is 3. The van der Waals surface area contributed by atoms with Gasteiger partial charge in [0.25, 0.3) is 11.5 Å². The third-order valence-corrected chi connectivity index (χ3v) is 4.82. The Labute approximate surface area is 140 Å². The summed E-state index contributed by atoms with van der Waals surface area (Å²) in [5.74, 6) is -0.272. The first kappa shape index (κ1) is 16.6. The molecule has 2 atom stereocenters. The number of hydrogen-bond acceptors (Lipinski definition) is 4. The molecule has 3 rings (SSSR count). The standard InChI is InChI=1S/C18H23N3O3/c1-12-7-8-21-16(9-12)19-10-14(18(21)24)17(23)20(2)11-13-5-3-4-6-15(13)22/h7-10,13,15,22H,3-6,11H2,1-2H3. The molecule has 2 aromatic heterocycles. The van der Waals surface area contributed by atoms with E-state index < -0.39 is 0 Å². The fraction of sp³-hybridized carbons (Fsp3) is 0.500. The predicted octanol–water partition coefficient (Wildman–Crippen LogP) is 1.63. The number of aryl methyl sites for hydroxylation is 1. The number of fused-ring (bicyclic) bond motifs is 1. The average Bonchev–Trinajstić information content (AvgIpc) is 2.56. The molecule has 1 N–H and O–H groups in total. The first-order valence-electron chi connectivity index (χ1n) is 8.39. The van der Waals surface area contributed by atoms with Crippen molar-refractivity contribution >= 4 is 11.6 Å². The monoisotopic (exact) mass is 329 g/mol. The fourth-order valence-electron chi connectivity index (χ4n) is 3.36. The van der Waals surface area contributed by atoms with Crippen LogP contribution in [-0.4, -0.2) is 45.0 Å². The smallest absolute Gasteiger partial charge is 0.270 e. The molecule has 128 valence electrons. The highest BCUT2D eigenvalue weighted by molar-refractivity contribution is 5.93. The van der Waals surface area contributed by atoms with E-state index in [1.807, 2.05) is 13.0 Å². The molecule has 1 aliphatic carbocycles. The van der Waals surface area contributed by atoms with Crippen LogP contribution in [0.5, 0.6) is 0 Å². The molecule has 0 spiro atoms. The first-order valence-corrected chi connectivity index (χ1v) is 8.39. The lowest BCUT2D eigenvalue weighted by Crippen LogP contribution is -2.40. The molecule has 1 fully saturated rings. The molecule has 0 bridgehead atoms. The summed E-state index contributed by atoms with van der Waals surface area (Å²) in [5, 5.41) is 10.1. The van der Waals surface area contributed by atoms with E-state index in [0.717, 1.165) is 31.2 Å². The van der Waals surface area contributed by atoms with E-state index in [9.17, 15) is 14.7 Å². The largest absolute Gasteiger partial charge is 0.393 e. The third-order valence-electron chi connectivity index (χ3n) is 4.82. The lowest BCUT2D eigenvalue weighted by Gasteiger charge is -2.31. The number of carbonyl (C=O) groups excluding carboxylic acids is 1. The lowest BCUT2D eigenvalue weighted by molar-refractivity contribution is 0.0450. The van der Waals surface area contributed by atoms with Crippen molar-refractivity contribution in [3.8, 4) is 0 Å². The summed E-state index contributed by atoms with van der Waals surface area (Å²) >= 11 is 0. The van der Waals surface area contributed by atoms with Gasteiger partial charge in [-0.25, -0.2) is 4.98 Å². The van der Waals surface area contributed by atoms with Crippen LogP contribution in [0.1, 0.15) is 41.6 Å². The molecule has 1 saturated carbocycles. The van der Waals surface area contributed by atoms with Crippen LogP contribution in [-0.2, 0) is 0 Å². The Hall–Kier alpha value is -2.21. The highest BCUT2D eigenvalue weighted by Crippen LogP contribution is 2.25. The Balaban J connectivity index is 1.84. The van der Waals surface area contributed by atoms with Crippen LogP contribution in [0, 0.1) is 12.8 Å². The van der Waals surface area contributed by atoms with Crippen molar-refractivity contribution in [3.63, 3.8) is 0 Å². The maximum atomic E-state index is 12.6. The van der Waals surface area contributed by atoms with Crippen LogP contribution in [0.4, 0.5) is 0 Å². The van der Waals surface area contributed by atoms with Crippen LogP contribution >= 0.6 is 0 Å². The Morgan fingerprint density at radius 1 is 1.42 bits per heavy atom.